The molecule has 1 aliphatic carbocycles. The van der Waals surface area contributed by atoms with Crippen LogP contribution in [-0.4, -0.2) is 30.6 Å². The Bertz CT molecular complexity index is 295. The van der Waals surface area contributed by atoms with Crippen molar-refractivity contribution in [3.05, 3.63) is 0 Å². The zero-order valence-corrected chi connectivity index (χ0v) is 12.2. The van der Waals surface area contributed by atoms with Gasteiger partial charge < -0.3 is 22.1 Å². The van der Waals surface area contributed by atoms with Crippen molar-refractivity contribution in [3.63, 3.8) is 0 Å². The van der Waals surface area contributed by atoms with E-state index in [9.17, 15) is 9.59 Å². The molecule has 7 heteroatoms. The number of primary amides is 1. The van der Waals surface area contributed by atoms with Gasteiger partial charge in [-0.15, -0.1) is 12.4 Å². The van der Waals surface area contributed by atoms with Crippen LogP contribution in [0.15, 0.2) is 0 Å². The van der Waals surface area contributed by atoms with Crippen LogP contribution in [0.3, 0.4) is 0 Å². The lowest BCUT2D eigenvalue weighted by molar-refractivity contribution is -0.123. The Balaban J connectivity index is 0.00000324. The van der Waals surface area contributed by atoms with Gasteiger partial charge in [0.05, 0.1) is 0 Å². The van der Waals surface area contributed by atoms with E-state index in [1.54, 1.807) is 6.92 Å². The van der Waals surface area contributed by atoms with Crippen LogP contribution in [0, 0.1) is 5.92 Å². The second-order valence-electron chi connectivity index (χ2n) is 4.98. The minimum atomic E-state index is -0.695. The fraction of sp³-hybridized carbons (Fsp3) is 0.833. The van der Waals surface area contributed by atoms with Gasteiger partial charge in [0.1, 0.15) is 6.04 Å². The Morgan fingerprint density at radius 2 is 1.79 bits per heavy atom. The molecule has 0 saturated heterocycles. The molecule has 19 heavy (non-hydrogen) atoms. The first-order chi connectivity index (χ1) is 8.54. The number of rotatable bonds is 5. The maximum absolute atomic E-state index is 11.9. The number of carbonyl (C=O) groups excluding carboxylic acids is 2. The summed E-state index contributed by atoms with van der Waals surface area (Å²) >= 11 is 0. The molecule has 0 aromatic heterocycles. The predicted octanol–water partition coefficient (Wildman–Crippen LogP) is 0.489. The van der Waals surface area contributed by atoms with E-state index in [1.165, 1.54) is 19.3 Å². The number of hydrogen-bond donors (Lipinski definition) is 4. The van der Waals surface area contributed by atoms with Crippen molar-refractivity contribution in [2.75, 3.05) is 6.54 Å². The molecular formula is C12H25ClN4O2. The first-order valence-corrected chi connectivity index (χ1v) is 6.61. The smallest absolute Gasteiger partial charge is 0.312 e. The summed E-state index contributed by atoms with van der Waals surface area (Å²) in [6.07, 6.45) is 5.89. The van der Waals surface area contributed by atoms with Gasteiger partial charge in [0.15, 0.2) is 0 Å². The third-order valence-corrected chi connectivity index (χ3v) is 3.55. The zero-order chi connectivity index (χ0) is 13.5. The van der Waals surface area contributed by atoms with E-state index in [4.69, 9.17) is 11.5 Å². The van der Waals surface area contributed by atoms with Crippen molar-refractivity contribution >= 4 is 24.3 Å². The fourth-order valence-corrected chi connectivity index (χ4v) is 2.49. The van der Waals surface area contributed by atoms with Crippen LogP contribution in [-0.2, 0) is 4.79 Å². The highest BCUT2D eigenvalue weighted by atomic mass is 35.5. The molecule has 1 rings (SSSR count). The molecule has 2 unspecified atom stereocenters. The lowest BCUT2D eigenvalue weighted by Crippen LogP contribution is -2.53. The molecule has 112 valence electrons. The Labute approximate surface area is 120 Å². The predicted molar refractivity (Wildman–Crippen MR) is 77.0 cm³/mol. The molecule has 1 saturated carbocycles. The summed E-state index contributed by atoms with van der Waals surface area (Å²) in [5, 5.41) is 5.27. The lowest BCUT2D eigenvalue weighted by atomic mass is 9.84. The van der Waals surface area contributed by atoms with E-state index in [2.05, 4.69) is 10.6 Å². The van der Waals surface area contributed by atoms with Crippen molar-refractivity contribution in [1.82, 2.24) is 10.6 Å². The van der Waals surface area contributed by atoms with Gasteiger partial charge in [0.25, 0.3) is 0 Å². The highest BCUT2D eigenvalue weighted by molar-refractivity contribution is 5.86. The number of nitrogens with two attached hydrogens (primary N) is 2. The molecule has 1 aliphatic rings. The van der Waals surface area contributed by atoms with Crippen molar-refractivity contribution in [2.45, 2.75) is 51.1 Å². The van der Waals surface area contributed by atoms with Crippen LogP contribution in [0.4, 0.5) is 4.79 Å². The maximum Gasteiger partial charge on any atom is 0.312 e. The first-order valence-electron chi connectivity index (χ1n) is 6.61. The van der Waals surface area contributed by atoms with Crippen LogP contribution in [0.2, 0.25) is 0 Å². The van der Waals surface area contributed by atoms with Gasteiger partial charge in [-0.3, -0.25) is 4.79 Å². The van der Waals surface area contributed by atoms with Gasteiger partial charge in [-0.05, 0) is 25.7 Å². The summed E-state index contributed by atoms with van der Waals surface area (Å²) in [6, 6.07) is -1.32. The zero-order valence-electron chi connectivity index (χ0n) is 11.4. The minimum Gasteiger partial charge on any atom is -0.352 e. The molecule has 0 bridgehead atoms. The number of halogens is 1. The van der Waals surface area contributed by atoms with E-state index in [-0.39, 0.29) is 24.4 Å². The molecule has 0 heterocycles. The summed E-state index contributed by atoms with van der Waals surface area (Å²) in [4.78, 5) is 22.5. The van der Waals surface area contributed by atoms with Gasteiger partial charge in [0.2, 0.25) is 5.91 Å². The van der Waals surface area contributed by atoms with Crippen molar-refractivity contribution < 1.29 is 9.59 Å². The summed E-state index contributed by atoms with van der Waals surface area (Å²) in [6.45, 7) is 2.04. The second-order valence-corrected chi connectivity index (χ2v) is 4.98. The Morgan fingerprint density at radius 1 is 1.21 bits per heavy atom. The molecule has 0 radical (unpaired) electrons. The molecule has 6 nitrogen and oxygen atoms in total. The van der Waals surface area contributed by atoms with E-state index < -0.39 is 12.1 Å². The molecular weight excluding hydrogens is 268 g/mol. The Morgan fingerprint density at radius 3 is 2.26 bits per heavy atom. The van der Waals surface area contributed by atoms with Crippen molar-refractivity contribution in [1.29, 1.82) is 0 Å². The van der Waals surface area contributed by atoms with Crippen LogP contribution in [0.1, 0.15) is 39.0 Å². The van der Waals surface area contributed by atoms with Gasteiger partial charge in [0, 0.05) is 12.6 Å². The molecule has 0 aromatic rings. The van der Waals surface area contributed by atoms with Crippen LogP contribution in [0.5, 0.6) is 0 Å². The maximum atomic E-state index is 11.9. The van der Waals surface area contributed by atoms with E-state index >= 15 is 0 Å². The normalized spacial score (nSPS) is 18.8. The van der Waals surface area contributed by atoms with Crippen LogP contribution in [0.25, 0.3) is 0 Å². The van der Waals surface area contributed by atoms with Gasteiger partial charge >= 0.3 is 6.03 Å². The summed E-state index contributed by atoms with van der Waals surface area (Å²) in [5.74, 6) is 0.225. The molecule has 1 fully saturated rings. The van der Waals surface area contributed by atoms with Crippen LogP contribution < -0.4 is 22.1 Å². The molecule has 6 N–H and O–H groups in total. The van der Waals surface area contributed by atoms with Crippen LogP contribution >= 0.6 is 12.4 Å². The summed E-state index contributed by atoms with van der Waals surface area (Å²) in [5.41, 5.74) is 10.7. The average Bonchev–Trinajstić information content (AvgIpc) is 2.35. The highest BCUT2D eigenvalue weighted by Gasteiger charge is 2.25. The van der Waals surface area contributed by atoms with E-state index in [0.717, 1.165) is 12.8 Å². The Kier molecular flexibility index (Phi) is 8.51. The standard InChI is InChI=1S/C12H24N4O2.ClH/c1-8(15-12(14)18)11(17)16-10(7-13)9-5-3-2-4-6-9;/h8-10H,2-7,13H2,1H3,(H,16,17)(H3,14,15,18);1H. The van der Waals surface area contributed by atoms with E-state index in [1.807, 2.05) is 0 Å². The minimum absolute atomic E-state index is 0. The molecule has 0 spiro atoms. The van der Waals surface area contributed by atoms with E-state index in [0.29, 0.717) is 12.5 Å². The molecule has 0 aromatic carbocycles. The molecule has 3 amide bonds. The number of urea groups is 1. The van der Waals surface area contributed by atoms with Crippen molar-refractivity contribution in [2.24, 2.45) is 17.4 Å². The quantitative estimate of drug-likeness (QED) is 0.592. The largest absolute Gasteiger partial charge is 0.352 e. The Hall–Kier alpha value is -1.01. The molecule has 0 aliphatic heterocycles. The van der Waals surface area contributed by atoms with Gasteiger partial charge in [-0.2, -0.15) is 0 Å². The molecule has 2 atom stereocenters. The third-order valence-electron chi connectivity index (χ3n) is 3.55. The summed E-state index contributed by atoms with van der Waals surface area (Å²) < 4.78 is 0. The second kappa shape index (κ2) is 8.98. The SMILES string of the molecule is CC(NC(N)=O)C(=O)NC(CN)C1CCCCC1.Cl. The monoisotopic (exact) mass is 292 g/mol. The van der Waals surface area contributed by atoms with Crippen molar-refractivity contribution in [3.8, 4) is 0 Å². The number of hydrogen-bond acceptors (Lipinski definition) is 3. The van der Waals surface area contributed by atoms with Gasteiger partial charge in [-0.25, -0.2) is 4.79 Å². The summed E-state index contributed by atoms with van der Waals surface area (Å²) in [7, 11) is 0. The fourth-order valence-electron chi connectivity index (χ4n) is 2.49. The van der Waals surface area contributed by atoms with Gasteiger partial charge in [-0.1, -0.05) is 19.3 Å². The number of nitrogens with one attached hydrogen (secondary N) is 2. The third kappa shape index (κ3) is 6.11. The number of amides is 3. The highest BCUT2D eigenvalue weighted by Crippen LogP contribution is 2.26. The lowest BCUT2D eigenvalue weighted by Gasteiger charge is -2.30. The number of carbonyl (C=O) groups is 2. The first kappa shape index (κ1) is 18.0. The topological polar surface area (TPSA) is 110 Å². The average molecular weight is 293 g/mol.